The number of rotatable bonds is 16. The monoisotopic (exact) mass is 824 g/mol. The molecule has 0 amide bonds. The highest BCUT2D eigenvalue weighted by atomic mass is 35.5. The van der Waals surface area contributed by atoms with E-state index >= 15 is 0 Å². The van der Waals surface area contributed by atoms with Crippen molar-refractivity contribution in [2.24, 2.45) is 5.92 Å². The van der Waals surface area contributed by atoms with E-state index in [1.807, 2.05) is 54.6 Å². The summed E-state index contributed by atoms with van der Waals surface area (Å²) in [6.45, 7) is 3.10. The summed E-state index contributed by atoms with van der Waals surface area (Å²) in [5, 5.41) is 0.691. The lowest BCUT2D eigenvalue weighted by Crippen LogP contribution is -2.52. The molecule has 0 unspecified atom stereocenters. The summed E-state index contributed by atoms with van der Waals surface area (Å²) < 4.78 is 35.2. The van der Waals surface area contributed by atoms with Gasteiger partial charge in [-0.1, -0.05) is 71.7 Å². The number of piperidine rings is 3. The number of ether oxygens (including phenoxy) is 6. The van der Waals surface area contributed by atoms with Crippen LogP contribution in [0.25, 0.3) is 0 Å². The molecule has 3 saturated heterocycles. The summed E-state index contributed by atoms with van der Waals surface area (Å²) in [4.78, 5) is 33.9. The van der Waals surface area contributed by atoms with Gasteiger partial charge in [-0.2, -0.15) is 0 Å². The lowest BCUT2D eigenvalue weighted by atomic mass is 9.85. The molecule has 4 heterocycles. The normalized spacial score (nSPS) is 18.1. The smallest absolute Gasteiger partial charge is 0.338 e. The number of halogens is 2. The van der Waals surface area contributed by atoms with Crippen molar-refractivity contribution in [2.45, 2.75) is 50.4 Å². The van der Waals surface area contributed by atoms with Crippen LogP contribution >= 0.6 is 23.2 Å². The zero-order chi connectivity index (χ0) is 40.6. The summed E-state index contributed by atoms with van der Waals surface area (Å²) in [7, 11) is 4.61. The third-order valence-electron chi connectivity index (χ3n) is 10.9. The maximum Gasteiger partial charge on any atom is 0.338 e. The van der Waals surface area contributed by atoms with Gasteiger partial charge in [-0.15, -0.1) is 0 Å². The van der Waals surface area contributed by atoms with Crippen molar-refractivity contribution in [1.29, 1.82) is 0 Å². The van der Waals surface area contributed by atoms with Crippen LogP contribution in [0.2, 0.25) is 10.0 Å². The Labute approximate surface area is 348 Å². The van der Waals surface area contributed by atoms with Gasteiger partial charge in [0.15, 0.2) is 11.5 Å². The number of carbonyl (C=O) groups excluding carboxylic acids is 2. The highest BCUT2D eigenvalue weighted by molar-refractivity contribution is 6.35. The molecule has 0 saturated carbocycles. The number of esters is 2. The number of hydrogen-bond donors (Lipinski definition) is 0. The van der Waals surface area contributed by atoms with E-state index in [-0.39, 0.29) is 43.0 Å². The maximum absolute atomic E-state index is 14.0. The number of nitrogens with zero attached hydrogens (tertiary/aromatic N) is 2. The summed E-state index contributed by atoms with van der Waals surface area (Å²) in [5.74, 6) is 1.46. The third kappa shape index (κ3) is 9.86. The Morgan fingerprint density at radius 3 is 2.21 bits per heavy atom. The largest absolute Gasteiger partial charge is 0.497 e. The molecule has 3 fully saturated rings. The van der Waals surface area contributed by atoms with Gasteiger partial charge in [0.25, 0.3) is 0 Å². The lowest BCUT2D eigenvalue weighted by molar-refractivity contribution is -0.159. The SMILES string of the molecule is COc1cc(COc2cccc([C@@H](CC(=O)O[C@H]3CN4CCC3CC4)c3ccccc3)c2)cc(C(=O)O[C@@H](Cc2c(Cl)cncc2Cl)c2ccc(OC)c(OC)c2)c1. The lowest BCUT2D eigenvalue weighted by Gasteiger charge is -2.44. The number of pyridine rings is 1. The Morgan fingerprint density at radius 1 is 0.776 bits per heavy atom. The van der Waals surface area contributed by atoms with Crippen molar-refractivity contribution in [2.75, 3.05) is 41.0 Å². The molecule has 8 rings (SSSR count). The molecule has 0 radical (unpaired) electrons. The van der Waals surface area contributed by atoms with Gasteiger partial charge >= 0.3 is 11.9 Å². The van der Waals surface area contributed by atoms with Gasteiger partial charge in [-0.3, -0.25) is 14.7 Å². The van der Waals surface area contributed by atoms with Crippen molar-refractivity contribution in [3.63, 3.8) is 0 Å². The van der Waals surface area contributed by atoms with E-state index in [0.717, 1.165) is 43.6 Å². The molecule has 10 nitrogen and oxygen atoms in total. The highest BCUT2D eigenvalue weighted by Crippen LogP contribution is 2.37. The molecule has 2 bridgehead atoms. The number of hydrogen-bond acceptors (Lipinski definition) is 10. The van der Waals surface area contributed by atoms with Crippen molar-refractivity contribution in [3.05, 3.63) is 147 Å². The second-order valence-electron chi connectivity index (χ2n) is 14.6. The van der Waals surface area contributed by atoms with Crippen molar-refractivity contribution in [3.8, 4) is 23.0 Å². The topological polar surface area (TPSA) is 106 Å². The van der Waals surface area contributed by atoms with E-state index in [4.69, 9.17) is 51.6 Å². The average molecular weight is 826 g/mol. The Hall–Kier alpha value is -5.29. The molecule has 58 heavy (non-hydrogen) atoms. The van der Waals surface area contributed by atoms with E-state index in [9.17, 15) is 9.59 Å². The summed E-state index contributed by atoms with van der Waals surface area (Å²) >= 11 is 13.0. The second-order valence-corrected chi connectivity index (χ2v) is 15.4. The fraction of sp³-hybridized carbons (Fsp3) is 0.326. The second kappa shape index (κ2) is 19.0. The van der Waals surface area contributed by atoms with E-state index < -0.39 is 12.1 Å². The molecule has 302 valence electrons. The van der Waals surface area contributed by atoms with Crippen molar-refractivity contribution in [1.82, 2.24) is 9.88 Å². The van der Waals surface area contributed by atoms with Crippen LogP contribution in [-0.4, -0.2) is 68.9 Å². The minimum atomic E-state index is -0.816. The van der Waals surface area contributed by atoms with Crippen LogP contribution in [-0.2, 0) is 27.3 Å². The molecule has 5 aromatic rings. The third-order valence-corrected chi connectivity index (χ3v) is 11.6. The van der Waals surface area contributed by atoms with E-state index in [2.05, 4.69) is 9.88 Å². The van der Waals surface area contributed by atoms with Crippen LogP contribution in [0.4, 0.5) is 0 Å². The van der Waals surface area contributed by atoms with Crippen LogP contribution in [0.5, 0.6) is 23.0 Å². The molecule has 12 heteroatoms. The maximum atomic E-state index is 14.0. The first kappa shape index (κ1) is 40.9. The highest BCUT2D eigenvalue weighted by Gasteiger charge is 2.37. The zero-order valence-corrected chi connectivity index (χ0v) is 34.2. The molecular formula is C46H46Cl2N2O8. The molecule has 1 aromatic heterocycles. The van der Waals surface area contributed by atoms with Gasteiger partial charge in [0.05, 0.1) is 43.4 Å². The average Bonchev–Trinajstić information content (AvgIpc) is 3.26. The van der Waals surface area contributed by atoms with Gasteiger partial charge in [-0.25, -0.2) is 4.79 Å². The fourth-order valence-electron chi connectivity index (χ4n) is 7.81. The van der Waals surface area contributed by atoms with Gasteiger partial charge in [0.1, 0.15) is 30.3 Å². The quantitative estimate of drug-likeness (QED) is 0.0895. The number of methoxy groups -OCH3 is 3. The number of carbonyl (C=O) groups is 2. The number of fused-ring (bicyclic) bond motifs is 3. The van der Waals surface area contributed by atoms with Crippen molar-refractivity contribution >= 4 is 35.1 Å². The van der Waals surface area contributed by atoms with Crippen LogP contribution in [0.3, 0.4) is 0 Å². The number of benzene rings is 4. The Bertz CT molecular complexity index is 2190. The molecule has 3 aliphatic heterocycles. The summed E-state index contributed by atoms with van der Waals surface area (Å²) in [6.07, 6.45) is 4.65. The zero-order valence-electron chi connectivity index (χ0n) is 32.7. The first-order chi connectivity index (χ1) is 28.2. The molecular weight excluding hydrogens is 779 g/mol. The first-order valence-corrected chi connectivity index (χ1v) is 20.0. The molecule has 0 spiro atoms. The molecule has 0 N–H and O–H groups in total. The minimum absolute atomic E-state index is 0.0543. The van der Waals surface area contributed by atoms with Gasteiger partial charge in [0.2, 0.25) is 0 Å². The van der Waals surface area contributed by atoms with Crippen LogP contribution in [0.1, 0.15) is 69.5 Å². The van der Waals surface area contributed by atoms with Crippen LogP contribution in [0.15, 0.2) is 103 Å². The van der Waals surface area contributed by atoms with Crippen molar-refractivity contribution < 1.29 is 38.0 Å². The molecule has 3 aliphatic rings. The van der Waals surface area contributed by atoms with E-state index in [1.54, 1.807) is 43.5 Å². The van der Waals surface area contributed by atoms with Gasteiger partial charge in [-0.05, 0) is 102 Å². The van der Waals surface area contributed by atoms with Crippen LogP contribution in [0, 0.1) is 5.92 Å². The molecule has 3 atom stereocenters. The molecule has 4 aromatic carbocycles. The predicted octanol–water partition coefficient (Wildman–Crippen LogP) is 9.29. The first-order valence-electron chi connectivity index (χ1n) is 19.3. The summed E-state index contributed by atoms with van der Waals surface area (Å²) in [5.41, 5.74) is 4.10. The minimum Gasteiger partial charge on any atom is -0.497 e. The Balaban J connectivity index is 1.09. The fourth-order valence-corrected chi connectivity index (χ4v) is 8.32. The van der Waals surface area contributed by atoms with Gasteiger partial charge < -0.3 is 28.4 Å². The Morgan fingerprint density at radius 2 is 1.52 bits per heavy atom. The number of aromatic nitrogens is 1. The van der Waals surface area contributed by atoms with Crippen LogP contribution < -0.4 is 18.9 Å². The summed E-state index contributed by atoms with van der Waals surface area (Å²) in [6, 6.07) is 28.2. The predicted molar refractivity (Wildman–Crippen MR) is 221 cm³/mol. The Kier molecular flexibility index (Phi) is 13.4. The standard InChI is InChI=1S/C46H46Cl2N2O8/c1-53-36-19-29(18-34(21-36)46(52)58-42(23-38-39(47)25-49-26-40(38)48)33-12-13-41(54-2)43(22-33)55-3)28-56-35-11-7-10-32(20-35)37(30-8-5-4-6-9-30)24-45(51)57-44-27-50-16-14-31(44)15-17-50/h4-13,18-22,25-26,31,37,42,44H,14-17,23-24,27-28H2,1-3H3/t37-,42-,44-/m0/s1. The van der Waals surface area contributed by atoms with E-state index in [1.165, 1.54) is 26.6 Å². The van der Waals surface area contributed by atoms with Gasteiger partial charge in [0, 0.05) is 31.3 Å². The molecule has 0 aliphatic carbocycles. The van der Waals surface area contributed by atoms with E-state index in [0.29, 0.717) is 55.7 Å².